The first kappa shape index (κ1) is 14.5. The molecule has 0 bridgehead atoms. The van der Waals surface area contributed by atoms with Crippen molar-refractivity contribution in [1.82, 2.24) is 4.90 Å². The Bertz CT molecular complexity index is 442. The minimum Gasteiger partial charge on any atom is -0.325 e. The molecule has 1 fully saturated rings. The van der Waals surface area contributed by atoms with E-state index in [4.69, 9.17) is 0 Å². The highest BCUT2D eigenvalue weighted by Crippen LogP contribution is 2.23. The number of nitrogens with one attached hydrogen (secondary N) is 1. The first-order chi connectivity index (χ1) is 9.15. The van der Waals surface area contributed by atoms with Gasteiger partial charge in [-0.3, -0.25) is 4.79 Å². The van der Waals surface area contributed by atoms with E-state index in [0.29, 0.717) is 6.42 Å². The van der Waals surface area contributed by atoms with Crippen molar-refractivity contribution in [2.45, 2.75) is 32.6 Å². The Balaban J connectivity index is 1.80. The number of rotatable bonds is 4. The summed E-state index contributed by atoms with van der Waals surface area (Å²) >= 11 is 3.48. The number of benzene rings is 1. The molecule has 0 atom stereocenters. The topological polar surface area (TPSA) is 32.3 Å². The molecule has 0 saturated carbocycles. The van der Waals surface area contributed by atoms with Crippen molar-refractivity contribution >= 4 is 27.5 Å². The number of anilines is 1. The Labute approximate surface area is 123 Å². The van der Waals surface area contributed by atoms with Crippen LogP contribution in [0.15, 0.2) is 22.7 Å². The second-order valence-electron chi connectivity index (χ2n) is 5.18. The Kier molecular flexibility index (Phi) is 5.40. The molecule has 19 heavy (non-hydrogen) atoms. The van der Waals surface area contributed by atoms with E-state index in [1.54, 1.807) is 0 Å². The number of amides is 1. The molecule has 1 saturated heterocycles. The van der Waals surface area contributed by atoms with Crippen molar-refractivity contribution in [3.63, 3.8) is 0 Å². The summed E-state index contributed by atoms with van der Waals surface area (Å²) in [6.07, 6.45) is 4.44. The van der Waals surface area contributed by atoms with Gasteiger partial charge in [-0.05, 0) is 66.5 Å². The first-order valence-corrected chi connectivity index (χ1v) is 7.73. The lowest BCUT2D eigenvalue weighted by atomic mass is 10.1. The van der Waals surface area contributed by atoms with E-state index < -0.39 is 0 Å². The van der Waals surface area contributed by atoms with Gasteiger partial charge in [-0.2, -0.15) is 0 Å². The lowest BCUT2D eigenvalue weighted by Crippen LogP contribution is -2.32. The highest BCUT2D eigenvalue weighted by Gasteiger charge is 2.12. The van der Waals surface area contributed by atoms with Gasteiger partial charge in [0, 0.05) is 17.4 Å². The number of hydrogen-bond donors (Lipinski definition) is 1. The summed E-state index contributed by atoms with van der Waals surface area (Å²) in [5.41, 5.74) is 2.03. The number of halogens is 1. The monoisotopic (exact) mass is 324 g/mol. The molecule has 1 aromatic carbocycles. The summed E-state index contributed by atoms with van der Waals surface area (Å²) in [7, 11) is 0. The van der Waals surface area contributed by atoms with Crippen LogP contribution in [-0.2, 0) is 4.79 Å². The van der Waals surface area contributed by atoms with Crippen LogP contribution in [-0.4, -0.2) is 30.4 Å². The van der Waals surface area contributed by atoms with E-state index in [1.165, 1.54) is 24.8 Å². The highest BCUT2D eigenvalue weighted by atomic mass is 79.9. The molecule has 0 aliphatic carbocycles. The Hall–Kier alpha value is -0.870. The normalized spacial score (nSPS) is 16.3. The average molecular weight is 325 g/mol. The zero-order chi connectivity index (χ0) is 13.7. The van der Waals surface area contributed by atoms with Gasteiger partial charge >= 0.3 is 0 Å². The van der Waals surface area contributed by atoms with E-state index in [1.807, 2.05) is 25.1 Å². The smallest absolute Gasteiger partial charge is 0.225 e. The molecule has 1 amide bonds. The van der Waals surface area contributed by atoms with Crippen molar-refractivity contribution in [3.05, 3.63) is 28.2 Å². The lowest BCUT2D eigenvalue weighted by Gasteiger charge is -2.26. The SMILES string of the molecule is Cc1ccc(NC(=O)CCN2CCCCC2)c(Br)c1. The highest BCUT2D eigenvalue weighted by molar-refractivity contribution is 9.10. The van der Waals surface area contributed by atoms with Crippen molar-refractivity contribution in [2.24, 2.45) is 0 Å². The zero-order valence-electron chi connectivity index (χ0n) is 11.4. The fraction of sp³-hybridized carbons (Fsp3) is 0.533. The summed E-state index contributed by atoms with van der Waals surface area (Å²) in [5, 5.41) is 2.96. The van der Waals surface area contributed by atoms with Gasteiger partial charge in [-0.1, -0.05) is 12.5 Å². The van der Waals surface area contributed by atoms with Gasteiger partial charge in [-0.25, -0.2) is 0 Å². The predicted molar refractivity (Wildman–Crippen MR) is 82.4 cm³/mol. The van der Waals surface area contributed by atoms with Crippen LogP contribution >= 0.6 is 15.9 Å². The number of aryl methyl sites for hydroxylation is 1. The largest absolute Gasteiger partial charge is 0.325 e. The van der Waals surface area contributed by atoms with Crippen molar-refractivity contribution in [2.75, 3.05) is 25.0 Å². The first-order valence-electron chi connectivity index (χ1n) is 6.93. The third-order valence-corrected chi connectivity index (χ3v) is 4.16. The molecule has 0 radical (unpaired) electrons. The van der Waals surface area contributed by atoms with Crippen LogP contribution < -0.4 is 5.32 Å². The summed E-state index contributed by atoms with van der Waals surface area (Å²) < 4.78 is 0.943. The summed E-state index contributed by atoms with van der Waals surface area (Å²) in [4.78, 5) is 14.3. The fourth-order valence-electron chi connectivity index (χ4n) is 2.38. The van der Waals surface area contributed by atoms with Crippen molar-refractivity contribution in [1.29, 1.82) is 0 Å². The van der Waals surface area contributed by atoms with Gasteiger partial charge in [-0.15, -0.1) is 0 Å². The van der Waals surface area contributed by atoms with Crippen molar-refractivity contribution in [3.8, 4) is 0 Å². The molecule has 1 heterocycles. The minimum absolute atomic E-state index is 0.0927. The summed E-state index contributed by atoms with van der Waals surface area (Å²) in [6.45, 7) is 5.19. The number of carbonyl (C=O) groups excluding carboxylic acids is 1. The molecule has 2 rings (SSSR count). The molecule has 0 unspecified atom stereocenters. The maximum Gasteiger partial charge on any atom is 0.225 e. The van der Waals surface area contributed by atoms with E-state index in [9.17, 15) is 4.79 Å². The number of carbonyl (C=O) groups is 1. The van der Waals surface area contributed by atoms with Gasteiger partial charge in [0.05, 0.1) is 5.69 Å². The number of likely N-dealkylation sites (tertiary alicyclic amines) is 1. The Morgan fingerprint density at radius 1 is 1.32 bits per heavy atom. The minimum atomic E-state index is 0.0927. The van der Waals surface area contributed by atoms with E-state index >= 15 is 0 Å². The van der Waals surface area contributed by atoms with Crippen LogP contribution in [0.5, 0.6) is 0 Å². The van der Waals surface area contributed by atoms with E-state index in [0.717, 1.165) is 29.8 Å². The maximum absolute atomic E-state index is 11.9. The zero-order valence-corrected chi connectivity index (χ0v) is 13.0. The van der Waals surface area contributed by atoms with Gasteiger partial charge in [0.2, 0.25) is 5.91 Å². The standard InChI is InChI=1S/C15H21BrN2O/c1-12-5-6-14(13(16)11-12)17-15(19)7-10-18-8-3-2-4-9-18/h5-6,11H,2-4,7-10H2,1H3,(H,17,19). The molecular weight excluding hydrogens is 304 g/mol. The molecule has 104 valence electrons. The third kappa shape index (κ3) is 4.62. The van der Waals surface area contributed by atoms with Gasteiger partial charge < -0.3 is 10.2 Å². The molecule has 0 spiro atoms. The molecule has 1 aliphatic rings. The fourth-order valence-corrected chi connectivity index (χ4v) is 2.97. The van der Waals surface area contributed by atoms with Crippen molar-refractivity contribution < 1.29 is 4.79 Å². The molecule has 1 aliphatic heterocycles. The van der Waals surface area contributed by atoms with E-state index in [-0.39, 0.29) is 5.91 Å². The second-order valence-corrected chi connectivity index (χ2v) is 6.04. The molecule has 1 N–H and O–H groups in total. The maximum atomic E-state index is 11.9. The Morgan fingerprint density at radius 3 is 2.74 bits per heavy atom. The average Bonchev–Trinajstić information content (AvgIpc) is 2.41. The van der Waals surface area contributed by atoms with Crippen LogP contribution in [0, 0.1) is 6.92 Å². The number of hydrogen-bond acceptors (Lipinski definition) is 2. The van der Waals surface area contributed by atoms with Gasteiger partial charge in [0.1, 0.15) is 0 Å². The summed E-state index contributed by atoms with van der Waals surface area (Å²) in [5.74, 6) is 0.0927. The van der Waals surface area contributed by atoms with E-state index in [2.05, 4.69) is 26.1 Å². The molecule has 3 nitrogen and oxygen atoms in total. The molecule has 4 heteroatoms. The van der Waals surface area contributed by atoms with Crippen LogP contribution in [0.3, 0.4) is 0 Å². The number of piperidine rings is 1. The molecule has 0 aromatic heterocycles. The molecule has 1 aromatic rings. The second kappa shape index (κ2) is 7.06. The predicted octanol–water partition coefficient (Wildman–Crippen LogP) is 3.57. The third-order valence-electron chi connectivity index (χ3n) is 3.50. The van der Waals surface area contributed by atoms with Crippen LogP contribution in [0.2, 0.25) is 0 Å². The Morgan fingerprint density at radius 2 is 2.05 bits per heavy atom. The van der Waals surface area contributed by atoms with Crippen LogP contribution in [0.4, 0.5) is 5.69 Å². The van der Waals surface area contributed by atoms with Gasteiger partial charge in [0.15, 0.2) is 0 Å². The summed E-state index contributed by atoms with van der Waals surface area (Å²) in [6, 6.07) is 5.96. The lowest BCUT2D eigenvalue weighted by molar-refractivity contribution is -0.116. The quantitative estimate of drug-likeness (QED) is 0.918. The van der Waals surface area contributed by atoms with Crippen LogP contribution in [0.1, 0.15) is 31.2 Å². The molecular formula is C15H21BrN2O. The van der Waals surface area contributed by atoms with Crippen LogP contribution in [0.25, 0.3) is 0 Å². The van der Waals surface area contributed by atoms with Gasteiger partial charge in [0.25, 0.3) is 0 Å². The number of nitrogens with zero attached hydrogens (tertiary/aromatic N) is 1.